The van der Waals surface area contributed by atoms with Crippen LogP contribution >= 0.6 is 63.3 Å². The summed E-state index contributed by atoms with van der Waals surface area (Å²) in [7, 11) is 15.5. The normalized spacial score (nSPS) is 11.4. The number of anilines is 15. The Morgan fingerprint density at radius 1 is 0.376 bits per heavy atom. The van der Waals surface area contributed by atoms with Gasteiger partial charge >= 0.3 is 7.12 Å². The van der Waals surface area contributed by atoms with E-state index in [9.17, 15) is 10.0 Å². The van der Waals surface area contributed by atoms with Gasteiger partial charge in [-0.3, -0.25) is 9.97 Å². The summed E-state index contributed by atoms with van der Waals surface area (Å²) in [6, 6.07) is 37.4. The smallest absolute Gasteiger partial charge is 0.492 e. The number of fused-ring (bicyclic) bond motifs is 4. The molecule has 18 rings (SSSR count). The van der Waals surface area contributed by atoms with Gasteiger partial charge in [0, 0.05) is 166 Å². The molecule has 0 aliphatic carbocycles. The largest absolute Gasteiger partial charge is 0.497 e. The first-order valence-electron chi connectivity index (χ1n) is 40.7. The van der Waals surface area contributed by atoms with Crippen molar-refractivity contribution in [3.63, 3.8) is 0 Å². The van der Waals surface area contributed by atoms with Gasteiger partial charge in [0.25, 0.3) is 0 Å². The lowest BCUT2D eigenvalue weighted by atomic mass is 9.79. The molecule has 0 amide bonds. The highest BCUT2D eigenvalue weighted by Crippen LogP contribution is 2.36. The van der Waals surface area contributed by atoms with E-state index in [1.54, 1.807) is 99.9 Å². The van der Waals surface area contributed by atoms with Gasteiger partial charge in [-0.2, -0.15) is 40.1 Å². The van der Waals surface area contributed by atoms with Gasteiger partial charge in [0.05, 0.1) is 94.4 Å². The minimum Gasteiger partial charge on any atom is -0.497 e. The predicted molar refractivity (Wildman–Crippen MR) is 530 cm³/mol. The number of nitrogens with one attached hydrogen (secondary N) is 12. The van der Waals surface area contributed by atoms with Crippen LogP contribution in [-0.2, 0) is 26.2 Å². The highest BCUT2D eigenvalue weighted by Gasteiger charge is 2.23. The van der Waals surface area contributed by atoms with E-state index >= 15 is 0 Å². The molecule has 48 heteroatoms. The Hall–Kier alpha value is -14.4. The molecule has 5 aromatic carbocycles. The average Bonchev–Trinajstić information content (AvgIpc) is 1.68. The van der Waals surface area contributed by atoms with E-state index in [1.807, 2.05) is 175 Å². The zero-order chi connectivity index (χ0) is 92.6. The van der Waals surface area contributed by atoms with Crippen LogP contribution in [0.5, 0.6) is 28.7 Å². The van der Waals surface area contributed by atoms with Crippen LogP contribution in [0.15, 0.2) is 163 Å². The van der Waals surface area contributed by atoms with E-state index in [0.717, 1.165) is 169 Å². The summed E-state index contributed by atoms with van der Waals surface area (Å²) in [5.41, 5.74) is 12.4. The zero-order valence-electron chi connectivity index (χ0n) is 75.1. The summed E-state index contributed by atoms with van der Waals surface area (Å²) in [5.74, 6) is 13.4. The standard InChI is InChI=1S/2C18H22N8O.C18H18N8O.C13H17BN4O3.C13H15IN4O.C5H3BrN4.2ClH/c3*1-11-8-15(19-2)23-18(21-11)22-12-4-5-14(27-3)13(9-12)17-24-16-10-20-6-7-26(16)25-17;1-8-6-12(15-2)18-13(16-8)17-9-4-5-11(21-3)10(7-9)14(19)20;1-8-6-12(15-2)18-13(16-8)17-9-4-5-11(19-3)10(14)7-9;6-5-8-4-3-7-1-2-10(4)9-5;;/h2*4-5,8-9,20H,6-7,10H2,1-3H3,(H2,19,21,22,23);4-10H,1-3H3,(H2,19,21,22,23);4-7,19-20H,1-3H3,(H2,15,16,17,18);4-7H,1-3H3,(H2,15,16,17,18);1-3H;2*1H. The van der Waals surface area contributed by atoms with Crippen LogP contribution in [0.3, 0.4) is 0 Å². The monoisotopic (exact) mass is 2020 g/mol. The van der Waals surface area contributed by atoms with Crippen molar-refractivity contribution >= 4 is 174 Å². The molecule has 0 atom stereocenters. The van der Waals surface area contributed by atoms with Gasteiger partial charge in [0.2, 0.25) is 34.5 Å². The molecular formula is C85H99BBrCl2IN36O7. The van der Waals surface area contributed by atoms with E-state index in [-0.39, 0.29) is 30.3 Å². The predicted octanol–water partition coefficient (Wildman–Crippen LogP) is 11.7. The van der Waals surface area contributed by atoms with Crippen molar-refractivity contribution in [2.75, 3.05) is 137 Å². The molecule has 0 spiro atoms. The molecule has 0 bridgehead atoms. The maximum absolute atomic E-state index is 9.36. The third kappa shape index (κ3) is 26.7. The zero-order valence-corrected chi connectivity index (χ0v) is 80.4. The molecule has 0 saturated heterocycles. The SMILES string of the molecule is Brc1nc2cnccn2n1.CNc1cc(C)nc(Nc2ccc(OC)c(-c3nc4cnccn4n3)c2)n1.CNc1cc(C)nc(Nc2ccc(OC)c(-c3nc4n(n3)CCNC4)c2)n1.CNc1cc(C)nc(Nc2ccc(OC)c(-c3nc4n(n3)CCNC4)c2)n1.CNc1cc(C)nc(Nc2ccc(OC)c(B(O)O)c2)n1.CNc1cc(C)nc(Nc2ccc(OC)c(I)c2)n1.Cl.Cl. The van der Waals surface area contributed by atoms with Crippen molar-refractivity contribution in [1.29, 1.82) is 0 Å². The summed E-state index contributed by atoms with van der Waals surface area (Å²) in [6.45, 7) is 14.4. The first-order valence-corrected chi connectivity index (χ1v) is 42.6. The summed E-state index contributed by atoms with van der Waals surface area (Å²) >= 11 is 5.39. The van der Waals surface area contributed by atoms with Crippen molar-refractivity contribution in [1.82, 2.24) is 129 Å². The van der Waals surface area contributed by atoms with Crippen LogP contribution < -0.4 is 92.9 Å². The van der Waals surface area contributed by atoms with Crippen molar-refractivity contribution in [2.45, 2.75) is 60.8 Å². The molecule has 2 aliphatic heterocycles. The minimum absolute atomic E-state index is 0. The van der Waals surface area contributed by atoms with Gasteiger partial charge in [-0.1, -0.05) is 0 Å². The quantitative estimate of drug-likeness (QED) is 0.0197. The fraction of sp³-hybridized carbons (Fsp3) is 0.247. The topological polar surface area (TPSA) is 507 Å². The van der Waals surface area contributed by atoms with E-state index in [4.69, 9.17) is 23.7 Å². The molecular weight excluding hydrogens is 1930 g/mol. The molecule has 16 aromatic rings. The van der Waals surface area contributed by atoms with Crippen molar-refractivity contribution in [3.05, 3.63) is 207 Å². The van der Waals surface area contributed by atoms with Crippen LogP contribution in [0.1, 0.15) is 40.1 Å². The van der Waals surface area contributed by atoms with Gasteiger partial charge in [-0.05, 0) is 164 Å². The van der Waals surface area contributed by atoms with Crippen molar-refractivity contribution in [2.24, 2.45) is 0 Å². The van der Waals surface area contributed by atoms with Crippen LogP contribution in [-0.4, -0.2) is 220 Å². The maximum atomic E-state index is 9.36. The highest BCUT2D eigenvalue weighted by atomic mass is 127. The third-order valence-corrected chi connectivity index (χ3v) is 20.3. The fourth-order valence-electron chi connectivity index (χ4n) is 13.0. The lowest BCUT2D eigenvalue weighted by Gasteiger charge is -2.12. The van der Waals surface area contributed by atoms with Crippen molar-refractivity contribution in [3.8, 4) is 62.9 Å². The summed E-state index contributed by atoms with van der Waals surface area (Å²) in [6.07, 6.45) is 10.1. The second-order valence-corrected chi connectivity index (χ2v) is 30.3. The molecule has 2 aliphatic rings. The lowest BCUT2D eigenvalue weighted by Crippen LogP contribution is -2.31. The maximum Gasteiger partial charge on any atom is 0.492 e. The van der Waals surface area contributed by atoms with Gasteiger partial charge in [0.15, 0.2) is 28.8 Å². The molecule has 43 nitrogen and oxygen atoms in total. The third-order valence-electron chi connectivity index (χ3n) is 19.1. The Labute approximate surface area is 799 Å². The highest BCUT2D eigenvalue weighted by molar-refractivity contribution is 14.1. The molecule has 0 fully saturated rings. The van der Waals surface area contributed by atoms with Gasteiger partial charge in [0.1, 0.15) is 69.5 Å². The Bertz CT molecular complexity index is 6350. The molecule has 692 valence electrons. The van der Waals surface area contributed by atoms with Crippen LogP contribution in [0.4, 0.5) is 87.3 Å². The van der Waals surface area contributed by atoms with E-state index in [0.29, 0.717) is 80.6 Å². The van der Waals surface area contributed by atoms with Crippen molar-refractivity contribution < 1.29 is 33.7 Å². The van der Waals surface area contributed by atoms with Crippen LogP contribution in [0.25, 0.3) is 45.5 Å². The Kier molecular flexibility index (Phi) is 35.3. The molecule has 0 saturated carbocycles. The van der Waals surface area contributed by atoms with E-state index in [1.165, 1.54) is 7.11 Å². The number of ether oxygens (including phenoxy) is 5. The summed E-state index contributed by atoms with van der Waals surface area (Å²) in [4.78, 5) is 69.7. The first-order chi connectivity index (χ1) is 63.5. The Balaban J connectivity index is 0.000000156. The van der Waals surface area contributed by atoms with E-state index < -0.39 is 7.12 Å². The molecule has 14 N–H and O–H groups in total. The van der Waals surface area contributed by atoms with Crippen LogP contribution in [0, 0.1) is 38.2 Å². The molecule has 11 aromatic heterocycles. The lowest BCUT2D eigenvalue weighted by molar-refractivity contribution is 0.403. The number of methoxy groups -OCH3 is 5. The number of benzene rings is 5. The first kappa shape index (κ1) is 99.2. The Morgan fingerprint density at radius 3 is 1.01 bits per heavy atom. The number of hydrogen-bond donors (Lipinski definition) is 14. The summed E-state index contributed by atoms with van der Waals surface area (Å²) in [5, 5.41) is 74.1. The number of aryl methyl sites for hydroxylation is 5. The molecule has 0 unspecified atom stereocenters. The number of rotatable bonds is 24. The van der Waals surface area contributed by atoms with E-state index in [2.05, 4.69) is 202 Å². The van der Waals surface area contributed by atoms with Gasteiger partial charge < -0.3 is 97.5 Å². The average molecular weight is 2030 g/mol. The number of hydrogen-bond acceptors (Lipinski definition) is 39. The van der Waals surface area contributed by atoms with Gasteiger partial charge in [-0.15, -0.1) is 35.0 Å². The minimum atomic E-state index is -1.62. The molecule has 13 heterocycles. The number of nitrogens with zero attached hydrogens (tertiary/aromatic N) is 24. The number of halogens is 4. The molecule has 0 radical (unpaired) electrons. The van der Waals surface area contributed by atoms with Crippen LogP contribution in [0.2, 0.25) is 0 Å². The second-order valence-electron chi connectivity index (χ2n) is 28.5. The van der Waals surface area contributed by atoms with Gasteiger partial charge in [-0.25, -0.2) is 58.3 Å². The Morgan fingerprint density at radius 2 is 0.692 bits per heavy atom. The summed E-state index contributed by atoms with van der Waals surface area (Å²) < 4.78 is 35.6. The molecule has 133 heavy (non-hydrogen) atoms. The number of aromatic nitrogens is 24. The second kappa shape index (κ2) is 47.4. The fourth-order valence-corrected chi connectivity index (χ4v) is 14.1.